The molecule has 3 aromatic rings. The number of rotatable bonds is 15. The molecule has 0 saturated heterocycles. The third-order valence-electron chi connectivity index (χ3n) is 6.84. The molecule has 4 unspecified atom stereocenters. The first-order valence-corrected chi connectivity index (χ1v) is 15.0. The van der Waals surface area contributed by atoms with Crippen LogP contribution >= 0.6 is 11.8 Å². The van der Waals surface area contributed by atoms with Crippen molar-refractivity contribution in [2.45, 2.75) is 57.3 Å². The summed E-state index contributed by atoms with van der Waals surface area (Å²) in [5, 5.41) is 18.6. The van der Waals surface area contributed by atoms with Gasteiger partial charge in [0, 0.05) is 23.5 Å². The third-order valence-corrected chi connectivity index (χ3v) is 7.49. The Morgan fingerprint density at radius 1 is 0.878 bits per heavy atom. The van der Waals surface area contributed by atoms with Crippen molar-refractivity contribution < 1.29 is 24.3 Å². The molecule has 0 fully saturated rings. The summed E-state index contributed by atoms with van der Waals surface area (Å²) in [7, 11) is 0. The number of fused-ring (bicyclic) bond motifs is 1. The van der Waals surface area contributed by atoms with E-state index in [-0.39, 0.29) is 18.8 Å². The topological polar surface area (TPSA) is 166 Å². The number of aromatic nitrogens is 1. The summed E-state index contributed by atoms with van der Waals surface area (Å²) in [6.07, 6.45) is 4.46. The van der Waals surface area contributed by atoms with Gasteiger partial charge in [-0.2, -0.15) is 11.8 Å². The number of hydrogen-bond donors (Lipinski definition) is 6. The molecule has 0 aliphatic carbocycles. The monoisotopic (exact) mass is 581 g/mol. The van der Waals surface area contributed by atoms with Crippen molar-refractivity contribution in [2.24, 2.45) is 11.7 Å². The Balaban J connectivity index is 1.74. The maximum Gasteiger partial charge on any atom is 0.326 e. The fourth-order valence-corrected chi connectivity index (χ4v) is 4.98. The highest BCUT2D eigenvalue weighted by Gasteiger charge is 2.31. The quantitative estimate of drug-likeness (QED) is 0.160. The summed E-state index contributed by atoms with van der Waals surface area (Å²) < 4.78 is 0. The minimum absolute atomic E-state index is 0.145. The number of aliphatic carboxylic acids is 1. The zero-order chi connectivity index (χ0) is 29.9. The second kappa shape index (κ2) is 15.2. The predicted molar refractivity (Wildman–Crippen MR) is 161 cm³/mol. The second-order valence-corrected chi connectivity index (χ2v) is 11.3. The summed E-state index contributed by atoms with van der Waals surface area (Å²) in [6.45, 7) is 3.38. The highest BCUT2D eigenvalue weighted by molar-refractivity contribution is 7.98. The average Bonchev–Trinajstić information content (AvgIpc) is 3.36. The van der Waals surface area contributed by atoms with Crippen LogP contribution in [0.3, 0.4) is 0 Å². The molecule has 7 N–H and O–H groups in total. The summed E-state index contributed by atoms with van der Waals surface area (Å²) >= 11 is 1.52. The maximum absolute atomic E-state index is 13.5. The zero-order valence-corrected chi connectivity index (χ0v) is 24.4. The Hall–Kier alpha value is -3.83. The molecule has 220 valence electrons. The summed E-state index contributed by atoms with van der Waals surface area (Å²) in [6, 6.07) is 12.8. The molecule has 1 aromatic heterocycles. The number of carbonyl (C=O) groups is 4. The lowest BCUT2D eigenvalue weighted by Gasteiger charge is -2.26. The van der Waals surface area contributed by atoms with Gasteiger partial charge in [0.05, 0.1) is 6.04 Å². The van der Waals surface area contributed by atoms with Gasteiger partial charge in [0.25, 0.3) is 0 Å². The van der Waals surface area contributed by atoms with Crippen LogP contribution in [-0.4, -0.2) is 70.0 Å². The van der Waals surface area contributed by atoms with E-state index in [1.165, 1.54) is 11.8 Å². The largest absolute Gasteiger partial charge is 0.480 e. The highest BCUT2D eigenvalue weighted by atomic mass is 32.2. The number of nitrogens with one attached hydrogen (secondary N) is 4. The minimum Gasteiger partial charge on any atom is -0.480 e. The first kappa shape index (κ1) is 31.7. The summed E-state index contributed by atoms with van der Waals surface area (Å²) in [4.78, 5) is 54.7. The Morgan fingerprint density at radius 3 is 2.17 bits per heavy atom. The molecule has 0 saturated carbocycles. The number of carbonyl (C=O) groups excluding carboxylic acids is 3. The molecule has 0 aliphatic rings. The molecule has 3 amide bonds. The Kier molecular flexibility index (Phi) is 11.8. The van der Waals surface area contributed by atoms with E-state index in [9.17, 15) is 24.3 Å². The number of para-hydroxylation sites is 1. The van der Waals surface area contributed by atoms with Crippen molar-refractivity contribution >= 4 is 46.4 Å². The highest BCUT2D eigenvalue weighted by Crippen LogP contribution is 2.19. The predicted octanol–water partition coefficient (Wildman–Crippen LogP) is 2.23. The van der Waals surface area contributed by atoms with E-state index in [1.54, 1.807) is 13.8 Å². The lowest BCUT2D eigenvalue weighted by atomic mass is 10.0. The molecular weight excluding hydrogens is 542 g/mol. The van der Waals surface area contributed by atoms with Crippen LogP contribution in [0.25, 0.3) is 10.9 Å². The van der Waals surface area contributed by atoms with Gasteiger partial charge in [-0.15, -0.1) is 0 Å². The number of hydrogen-bond acceptors (Lipinski definition) is 6. The van der Waals surface area contributed by atoms with Crippen LogP contribution in [0.15, 0.2) is 60.8 Å². The number of thioether (sulfide) groups is 1. The molecule has 11 heteroatoms. The van der Waals surface area contributed by atoms with E-state index in [4.69, 9.17) is 5.73 Å². The number of amides is 3. The SMILES string of the molecule is CSCCC(NC(=O)C(N)Cc1c[nH]c2ccccc12)C(=O)NC(Cc1ccccc1)C(=O)NC(C(=O)O)C(C)C. The fourth-order valence-electron chi connectivity index (χ4n) is 4.51. The number of nitrogens with two attached hydrogens (primary N) is 1. The van der Waals surface area contributed by atoms with Crippen LogP contribution in [0.1, 0.15) is 31.4 Å². The average molecular weight is 582 g/mol. The van der Waals surface area contributed by atoms with Crippen molar-refractivity contribution in [3.8, 4) is 0 Å². The van der Waals surface area contributed by atoms with Crippen molar-refractivity contribution in [2.75, 3.05) is 12.0 Å². The van der Waals surface area contributed by atoms with E-state index >= 15 is 0 Å². The van der Waals surface area contributed by atoms with Crippen LogP contribution < -0.4 is 21.7 Å². The van der Waals surface area contributed by atoms with Gasteiger partial charge in [-0.1, -0.05) is 62.4 Å². The van der Waals surface area contributed by atoms with Crippen molar-refractivity contribution in [1.29, 1.82) is 0 Å². The molecule has 0 aliphatic heterocycles. The van der Waals surface area contributed by atoms with Gasteiger partial charge in [-0.3, -0.25) is 14.4 Å². The standard InChI is InChI=1S/C30H39N5O5S/c1-18(2)26(30(39)40)35-29(38)25(15-19-9-5-4-6-10-19)34-28(37)24(13-14-41-3)33-27(36)22(31)16-20-17-32-23-12-8-7-11-21(20)23/h4-12,17-18,22,24-26,32H,13-16,31H2,1-3H3,(H,33,36)(H,34,37)(H,35,38)(H,39,40). The number of carboxylic acid groups (broad SMARTS) is 1. The van der Waals surface area contributed by atoms with Crippen LogP contribution in [0.2, 0.25) is 0 Å². The van der Waals surface area contributed by atoms with Crippen LogP contribution in [-0.2, 0) is 32.0 Å². The molecule has 41 heavy (non-hydrogen) atoms. The first-order valence-electron chi connectivity index (χ1n) is 13.6. The van der Waals surface area contributed by atoms with Gasteiger partial charge in [0.15, 0.2) is 0 Å². The second-order valence-electron chi connectivity index (χ2n) is 10.3. The molecule has 1 heterocycles. The Labute approximate surface area is 244 Å². The van der Waals surface area contributed by atoms with E-state index in [1.807, 2.05) is 67.0 Å². The van der Waals surface area contributed by atoms with Crippen LogP contribution in [0.4, 0.5) is 0 Å². The molecule has 2 aromatic carbocycles. The lowest BCUT2D eigenvalue weighted by molar-refractivity contribution is -0.143. The van der Waals surface area contributed by atoms with Crippen LogP contribution in [0, 0.1) is 5.92 Å². The third kappa shape index (κ3) is 9.09. The molecular formula is C30H39N5O5S. The number of aromatic amines is 1. The molecule has 0 bridgehead atoms. The normalized spacial score (nSPS) is 14.2. The van der Waals surface area contributed by atoms with E-state index < -0.39 is 47.9 Å². The zero-order valence-electron chi connectivity index (χ0n) is 23.6. The summed E-state index contributed by atoms with van der Waals surface area (Å²) in [5.74, 6) is -2.58. The van der Waals surface area contributed by atoms with Crippen molar-refractivity contribution in [1.82, 2.24) is 20.9 Å². The van der Waals surface area contributed by atoms with Gasteiger partial charge in [-0.25, -0.2) is 4.79 Å². The minimum atomic E-state index is -1.16. The molecule has 10 nitrogen and oxygen atoms in total. The lowest BCUT2D eigenvalue weighted by Crippen LogP contribution is -2.58. The number of benzene rings is 2. The van der Waals surface area contributed by atoms with Crippen molar-refractivity contribution in [3.05, 3.63) is 71.9 Å². The van der Waals surface area contributed by atoms with E-state index in [0.717, 1.165) is 22.0 Å². The smallest absolute Gasteiger partial charge is 0.326 e. The molecule has 0 spiro atoms. The van der Waals surface area contributed by atoms with E-state index in [0.29, 0.717) is 12.2 Å². The molecule has 3 rings (SSSR count). The fraction of sp³-hybridized carbons (Fsp3) is 0.400. The van der Waals surface area contributed by atoms with Gasteiger partial charge in [-0.05, 0) is 48.0 Å². The van der Waals surface area contributed by atoms with Gasteiger partial charge < -0.3 is 31.8 Å². The van der Waals surface area contributed by atoms with E-state index in [2.05, 4.69) is 20.9 Å². The van der Waals surface area contributed by atoms with Gasteiger partial charge in [0.2, 0.25) is 17.7 Å². The number of H-pyrrole nitrogens is 1. The first-order chi connectivity index (χ1) is 19.6. The van der Waals surface area contributed by atoms with Gasteiger partial charge in [0.1, 0.15) is 18.1 Å². The van der Waals surface area contributed by atoms with Gasteiger partial charge >= 0.3 is 5.97 Å². The molecule has 0 radical (unpaired) electrons. The Bertz CT molecular complexity index is 1330. The van der Waals surface area contributed by atoms with Crippen molar-refractivity contribution in [3.63, 3.8) is 0 Å². The van der Waals surface area contributed by atoms with Crippen LogP contribution in [0.5, 0.6) is 0 Å². The molecule has 4 atom stereocenters. The summed E-state index contributed by atoms with van der Waals surface area (Å²) in [5.41, 5.74) is 8.88. The Morgan fingerprint density at radius 2 is 1.51 bits per heavy atom. The number of carboxylic acids is 1. The maximum atomic E-state index is 13.5.